The van der Waals surface area contributed by atoms with Gasteiger partial charge in [0.05, 0.1) is 11.4 Å². The molecule has 0 fully saturated rings. The second kappa shape index (κ2) is 7.27. The summed E-state index contributed by atoms with van der Waals surface area (Å²) >= 11 is 6.33. The van der Waals surface area contributed by atoms with Gasteiger partial charge in [-0.3, -0.25) is 9.59 Å². The van der Waals surface area contributed by atoms with Crippen molar-refractivity contribution in [1.29, 1.82) is 0 Å². The molecule has 1 unspecified atom stereocenters. The summed E-state index contributed by atoms with van der Waals surface area (Å²) in [7, 11) is 1.60. The fourth-order valence-electron chi connectivity index (χ4n) is 2.91. The Kier molecular flexibility index (Phi) is 5.16. The van der Waals surface area contributed by atoms with Crippen molar-refractivity contribution in [2.24, 2.45) is 12.2 Å². The monoisotopic (exact) mass is 405 g/mol. The molecule has 2 heterocycles. The molecular weight excluding hydrogens is 386 g/mol. The van der Waals surface area contributed by atoms with Crippen LogP contribution < -0.4 is 11.2 Å². The highest BCUT2D eigenvalue weighted by atomic mass is 35.5. The van der Waals surface area contributed by atoms with Crippen molar-refractivity contribution in [3.05, 3.63) is 61.4 Å². The van der Waals surface area contributed by atoms with Crippen LogP contribution in [0.3, 0.4) is 0 Å². The molecule has 0 N–H and O–H groups in total. The molecule has 0 amide bonds. The van der Waals surface area contributed by atoms with Crippen molar-refractivity contribution >= 4 is 23.3 Å². The summed E-state index contributed by atoms with van der Waals surface area (Å²) in [5, 5.41) is 4.48. The number of rotatable bonds is 4. The van der Waals surface area contributed by atoms with Crippen molar-refractivity contribution in [1.82, 2.24) is 9.13 Å². The molecule has 0 saturated carbocycles. The predicted octanol–water partition coefficient (Wildman–Crippen LogP) is 1.94. The zero-order valence-corrected chi connectivity index (χ0v) is 16.7. The van der Waals surface area contributed by atoms with E-state index in [1.165, 1.54) is 17.6 Å². The van der Waals surface area contributed by atoms with Crippen molar-refractivity contribution in [2.75, 3.05) is 6.61 Å². The summed E-state index contributed by atoms with van der Waals surface area (Å²) in [5.41, 5.74) is 0.327. The highest BCUT2D eigenvalue weighted by Gasteiger charge is 2.37. The Morgan fingerprint density at radius 1 is 1.36 bits per heavy atom. The standard InChI is InChI=1S/C19H20ClN3O5/c1-11-7-17(25)23(18(26)22(11)4)13-5-6-15(20)14(8-13)16-9-19(3,28-21-16)10-27-12(2)24/h5-8H,9-10H2,1-4H3. The number of carbonyl (C=O) groups is 1. The van der Waals surface area contributed by atoms with Crippen LogP contribution in [0.25, 0.3) is 5.69 Å². The van der Waals surface area contributed by atoms with Crippen LogP contribution in [0.1, 0.15) is 31.5 Å². The van der Waals surface area contributed by atoms with E-state index in [0.717, 1.165) is 4.57 Å². The van der Waals surface area contributed by atoms with Gasteiger partial charge in [0.15, 0.2) is 5.60 Å². The van der Waals surface area contributed by atoms with Gasteiger partial charge in [-0.05, 0) is 32.0 Å². The van der Waals surface area contributed by atoms with Gasteiger partial charge >= 0.3 is 11.7 Å². The van der Waals surface area contributed by atoms with Crippen LogP contribution in [0.5, 0.6) is 0 Å². The summed E-state index contributed by atoms with van der Waals surface area (Å²) in [6, 6.07) is 6.21. The van der Waals surface area contributed by atoms with E-state index in [-0.39, 0.29) is 6.61 Å². The zero-order valence-electron chi connectivity index (χ0n) is 16.0. The van der Waals surface area contributed by atoms with Gasteiger partial charge in [0.25, 0.3) is 5.56 Å². The van der Waals surface area contributed by atoms with Crippen LogP contribution in [-0.4, -0.2) is 33.0 Å². The van der Waals surface area contributed by atoms with Crippen LogP contribution in [0, 0.1) is 6.92 Å². The Labute approximate surface area is 165 Å². The molecule has 1 aliphatic heterocycles. The lowest BCUT2D eigenvalue weighted by molar-refractivity contribution is -0.149. The van der Waals surface area contributed by atoms with Gasteiger partial charge in [0.2, 0.25) is 0 Å². The molecule has 1 aromatic carbocycles. The minimum atomic E-state index is -0.808. The largest absolute Gasteiger partial charge is 0.461 e. The number of benzene rings is 1. The van der Waals surface area contributed by atoms with Gasteiger partial charge in [-0.1, -0.05) is 16.8 Å². The number of hydrogen-bond donors (Lipinski definition) is 0. The van der Waals surface area contributed by atoms with E-state index < -0.39 is 22.8 Å². The Balaban J connectivity index is 1.99. The number of halogens is 1. The third kappa shape index (κ3) is 3.73. The van der Waals surface area contributed by atoms with Crippen LogP contribution in [-0.2, 0) is 21.4 Å². The maximum Gasteiger partial charge on any atom is 0.335 e. The van der Waals surface area contributed by atoms with E-state index in [9.17, 15) is 14.4 Å². The molecule has 1 atom stereocenters. The minimum Gasteiger partial charge on any atom is -0.461 e. The molecule has 0 spiro atoms. The summed E-state index contributed by atoms with van der Waals surface area (Å²) in [6.45, 7) is 4.82. The number of aryl methyl sites for hydroxylation is 1. The van der Waals surface area contributed by atoms with Gasteiger partial charge < -0.3 is 14.1 Å². The number of hydrogen-bond acceptors (Lipinski definition) is 6. The first kappa shape index (κ1) is 19.9. The van der Waals surface area contributed by atoms with E-state index >= 15 is 0 Å². The maximum atomic E-state index is 12.6. The molecule has 0 radical (unpaired) electrons. The molecule has 28 heavy (non-hydrogen) atoms. The quantitative estimate of drug-likeness (QED) is 0.725. The first-order valence-corrected chi connectivity index (χ1v) is 8.97. The van der Waals surface area contributed by atoms with Crippen molar-refractivity contribution < 1.29 is 14.4 Å². The van der Waals surface area contributed by atoms with E-state index in [4.69, 9.17) is 21.2 Å². The molecule has 0 aliphatic carbocycles. The minimum absolute atomic E-state index is 0.0462. The summed E-state index contributed by atoms with van der Waals surface area (Å²) < 4.78 is 7.49. The fourth-order valence-corrected chi connectivity index (χ4v) is 3.13. The lowest BCUT2D eigenvalue weighted by atomic mass is 9.96. The molecule has 1 aliphatic rings. The number of aromatic nitrogens is 2. The smallest absolute Gasteiger partial charge is 0.335 e. The molecule has 9 heteroatoms. The van der Waals surface area contributed by atoms with Gasteiger partial charge in [-0.25, -0.2) is 9.36 Å². The molecule has 0 bridgehead atoms. The van der Waals surface area contributed by atoms with E-state index in [1.807, 2.05) is 0 Å². The van der Waals surface area contributed by atoms with Gasteiger partial charge in [-0.15, -0.1) is 0 Å². The fraction of sp³-hybridized carbons (Fsp3) is 0.368. The van der Waals surface area contributed by atoms with Crippen molar-refractivity contribution in [3.63, 3.8) is 0 Å². The van der Waals surface area contributed by atoms with Crippen LogP contribution in [0.4, 0.5) is 0 Å². The van der Waals surface area contributed by atoms with Gasteiger partial charge in [0.1, 0.15) is 6.61 Å². The Bertz CT molecular complexity index is 1100. The first-order chi connectivity index (χ1) is 13.1. The van der Waals surface area contributed by atoms with Gasteiger partial charge in [0, 0.05) is 42.7 Å². The number of oxime groups is 1. The molecule has 3 rings (SSSR count). The molecule has 1 aromatic heterocycles. The van der Waals surface area contributed by atoms with E-state index in [1.54, 1.807) is 39.1 Å². The molecule has 2 aromatic rings. The molecule has 0 saturated heterocycles. The van der Waals surface area contributed by atoms with Crippen molar-refractivity contribution in [3.8, 4) is 5.69 Å². The van der Waals surface area contributed by atoms with Crippen LogP contribution in [0.15, 0.2) is 39.0 Å². The number of carbonyl (C=O) groups excluding carboxylic acids is 1. The Hall–Kier alpha value is -2.87. The SMILES string of the molecule is CC(=O)OCC1(C)CC(c2cc(-n3c(=O)cc(C)n(C)c3=O)ccc2Cl)=NO1. The second-order valence-electron chi connectivity index (χ2n) is 7.00. The third-order valence-corrected chi connectivity index (χ3v) is 4.91. The second-order valence-corrected chi connectivity index (χ2v) is 7.41. The Morgan fingerprint density at radius 2 is 2.07 bits per heavy atom. The van der Waals surface area contributed by atoms with Crippen molar-refractivity contribution in [2.45, 2.75) is 32.8 Å². The molecule has 148 valence electrons. The zero-order chi connectivity index (χ0) is 20.6. The van der Waals surface area contributed by atoms with Gasteiger partial charge in [-0.2, -0.15) is 0 Å². The molecule has 8 nitrogen and oxygen atoms in total. The molecular formula is C19H20ClN3O5. The highest BCUT2D eigenvalue weighted by molar-refractivity contribution is 6.34. The Morgan fingerprint density at radius 3 is 2.75 bits per heavy atom. The summed E-state index contributed by atoms with van der Waals surface area (Å²) in [6.07, 6.45) is 0.351. The maximum absolute atomic E-state index is 12.6. The normalized spacial score (nSPS) is 18.5. The average molecular weight is 406 g/mol. The van der Waals surface area contributed by atoms with E-state index in [2.05, 4.69) is 5.16 Å². The number of nitrogens with zero attached hydrogens (tertiary/aromatic N) is 3. The lowest BCUT2D eigenvalue weighted by Crippen LogP contribution is -2.38. The summed E-state index contributed by atoms with van der Waals surface area (Å²) in [4.78, 5) is 41.5. The summed E-state index contributed by atoms with van der Waals surface area (Å²) in [5.74, 6) is -0.409. The van der Waals surface area contributed by atoms with Crippen LogP contribution in [0.2, 0.25) is 5.02 Å². The average Bonchev–Trinajstić information content (AvgIpc) is 3.02. The van der Waals surface area contributed by atoms with Crippen LogP contribution >= 0.6 is 11.6 Å². The predicted molar refractivity (Wildman–Crippen MR) is 104 cm³/mol. The number of ether oxygens (including phenoxy) is 1. The van der Waals surface area contributed by atoms with E-state index in [0.29, 0.717) is 34.1 Å². The number of esters is 1. The third-order valence-electron chi connectivity index (χ3n) is 4.58. The topological polar surface area (TPSA) is 91.9 Å². The first-order valence-electron chi connectivity index (χ1n) is 8.60. The highest BCUT2D eigenvalue weighted by Crippen LogP contribution is 2.30. The lowest BCUT2D eigenvalue weighted by Gasteiger charge is -2.20.